The quantitative estimate of drug-likeness (QED) is 0.291. The standard InChI is InChI=1S/C32H35N3O8/c1-33-27-16-23(41-3)8-5-20(27)15-26(32(33)39)25(18-29(37)42-4)31-30(38)28(36)17-24(43-31)19-34-11-13-35(14-12-34)21-6-9-22(40-2)10-7-21/h5-10,15-17,25,38H,11-14,18-19H2,1-4H3/t25-/m0/s1. The fourth-order valence-corrected chi connectivity index (χ4v) is 5.49. The molecule has 1 atom stereocenters. The normalized spacial score (nSPS) is 14.5. The van der Waals surface area contributed by atoms with Crippen LogP contribution in [0.15, 0.2) is 68.6 Å². The first kappa shape index (κ1) is 29.7. The number of aromatic nitrogens is 1. The largest absolute Gasteiger partial charge is 0.502 e. The number of aromatic hydroxyl groups is 1. The summed E-state index contributed by atoms with van der Waals surface area (Å²) in [5, 5.41) is 11.6. The molecule has 2 aromatic carbocycles. The predicted molar refractivity (Wildman–Crippen MR) is 161 cm³/mol. The molecule has 0 unspecified atom stereocenters. The summed E-state index contributed by atoms with van der Waals surface area (Å²) in [6.45, 7) is 3.28. The van der Waals surface area contributed by atoms with Crippen LogP contribution in [0.25, 0.3) is 10.9 Å². The second kappa shape index (κ2) is 12.6. The molecule has 43 heavy (non-hydrogen) atoms. The van der Waals surface area contributed by atoms with E-state index in [2.05, 4.69) is 9.80 Å². The first-order valence-electron chi connectivity index (χ1n) is 13.9. The summed E-state index contributed by atoms with van der Waals surface area (Å²) in [5.74, 6) is -0.752. The second-order valence-electron chi connectivity index (χ2n) is 10.5. The molecular weight excluding hydrogens is 554 g/mol. The van der Waals surface area contributed by atoms with E-state index in [1.54, 1.807) is 45.5 Å². The van der Waals surface area contributed by atoms with Crippen molar-refractivity contribution in [3.8, 4) is 17.2 Å². The van der Waals surface area contributed by atoms with Gasteiger partial charge in [-0.05, 0) is 47.9 Å². The molecule has 11 heteroatoms. The SMILES string of the molecule is COC(=O)C[C@H](c1oc(CN2CCN(c3ccc(OC)cc3)CC2)cc(=O)c1O)c1cc2ccc(OC)cc2n(C)c1=O. The van der Waals surface area contributed by atoms with Crippen molar-refractivity contribution >= 4 is 22.6 Å². The first-order valence-corrected chi connectivity index (χ1v) is 13.9. The topological polar surface area (TPSA) is 124 Å². The Kier molecular flexibility index (Phi) is 8.72. The van der Waals surface area contributed by atoms with Crippen LogP contribution in [0.2, 0.25) is 0 Å². The van der Waals surface area contributed by atoms with E-state index in [4.69, 9.17) is 18.6 Å². The summed E-state index contributed by atoms with van der Waals surface area (Å²) in [6.07, 6.45) is -0.312. The minimum atomic E-state index is -1.06. The first-order chi connectivity index (χ1) is 20.7. The van der Waals surface area contributed by atoms with E-state index >= 15 is 0 Å². The van der Waals surface area contributed by atoms with Crippen molar-refractivity contribution in [2.24, 2.45) is 7.05 Å². The number of piperazine rings is 1. The molecular formula is C32H35N3O8. The molecule has 5 rings (SSSR count). The van der Waals surface area contributed by atoms with Crippen LogP contribution >= 0.6 is 0 Å². The van der Waals surface area contributed by atoms with Gasteiger partial charge in [-0.25, -0.2) is 0 Å². The predicted octanol–water partition coefficient (Wildman–Crippen LogP) is 3.23. The Labute approximate surface area is 248 Å². The molecule has 0 amide bonds. The molecule has 0 aliphatic carbocycles. The Bertz CT molecular complexity index is 1740. The highest BCUT2D eigenvalue weighted by atomic mass is 16.5. The van der Waals surface area contributed by atoms with E-state index in [0.717, 1.165) is 24.5 Å². The maximum atomic E-state index is 13.6. The van der Waals surface area contributed by atoms with Gasteiger partial charge in [-0.15, -0.1) is 0 Å². The second-order valence-corrected chi connectivity index (χ2v) is 10.5. The van der Waals surface area contributed by atoms with Gasteiger partial charge >= 0.3 is 5.97 Å². The third-order valence-corrected chi connectivity index (χ3v) is 7.94. The van der Waals surface area contributed by atoms with Crippen LogP contribution < -0.4 is 25.4 Å². The van der Waals surface area contributed by atoms with Crippen LogP contribution in [0.3, 0.4) is 0 Å². The van der Waals surface area contributed by atoms with Crippen LogP contribution in [-0.2, 0) is 23.1 Å². The van der Waals surface area contributed by atoms with Gasteiger partial charge in [-0.2, -0.15) is 0 Å². The Morgan fingerprint density at radius 1 is 0.930 bits per heavy atom. The number of methoxy groups -OCH3 is 3. The van der Waals surface area contributed by atoms with Crippen LogP contribution in [0, 0.1) is 0 Å². The smallest absolute Gasteiger partial charge is 0.306 e. The van der Waals surface area contributed by atoms with Gasteiger partial charge < -0.3 is 33.2 Å². The van der Waals surface area contributed by atoms with E-state index < -0.39 is 28.6 Å². The van der Waals surface area contributed by atoms with Crippen molar-refractivity contribution < 1.29 is 28.5 Å². The van der Waals surface area contributed by atoms with E-state index in [-0.39, 0.29) is 17.7 Å². The molecule has 1 fully saturated rings. The Balaban J connectivity index is 1.45. The highest BCUT2D eigenvalue weighted by Gasteiger charge is 2.30. The highest BCUT2D eigenvalue weighted by Crippen LogP contribution is 2.34. The number of carbonyl (C=O) groups excluding carboxylic acids is 1. The van der Waals surface area contributed by atoms with Crippen molar-refractivity contribution in [2.45, 2.75) is 18.9 Å². The number of fused-ring (bicyclic) bond motifs is 1. The highest BCUT2D eigenvalue weighted by molar-refractivity contribution is 5.82. The summed E-state index contributed by atoms with van der Waals surface area (Å²) >= 11 is 0. The van der Waals surface area contributed by atoms with Gasteiger partial charge in [0.2, 0.25) is 11.2 Å². The molecule has 0 bridgehead atoms. The summed E-state index contributed by atoms with van der Waals surface area (Å²) in [7, 11) is 6.03. The van der Waals surface area contributed by atoms with Crippen molar-refractivity contribution in [2.75, 3.05) is 52.4 Å². The lowest BCUT2D eigenvalue weighted by molar-refractivity contribution is -0.140. The van der Waals surface area contributed by atoms with Crippen molar-refractivity contribution in [1.82, 2.24) is 9.47 Å². The maximum absolute atomic E-state index is 13.6. The fraction of sp³-hybridized carbons (Fsp3) is 0.344. The van der Waals surface area contributed by atoms with Crippen LogP contribution in [0.5, 0.6) is 17.2 Å². The minimum absolute atomic E-state index is 0.144. The number of rotatable bonds is 9. The molecule has 11 nitrogen and oxygen atoms in total. The van der Waals surface area contributed by atoms with E-state index in [1.807, 2.05) is 24.3 Å². The number of pyridine rings is 1. The zero-order valence-electron chi connectivity index (χ0n) is 24.7. The molecule has 0 radical (unpaired) electrons. The molecule has 1 aliphatic heterocycles. The number of benzene rings is 2. The lowest BCUT2D eigenvalue weighted by Crippen LogP contribution is -2.46. The average molecular weight is 590 g/mol. The molecule has 1 saturated heterocycles. The summed E-state index contributed by atoms with van der Waals surface area (Å²) in [6, 6.07) is 16.1. The van der Waals surface area contributed by atoms with E-state index in [0.29, 0.717) is 42.0 Å². The van der Waals surface area contributed by atoms with Crippen molar-refractivity contribution in [3.63, 3.8) is 0 Å². The lowest BCUT2D eigenvalue weighted by atomic mass is 9.92. The zero-order chi connectivity index (χ0) is 30.7. The number of ether oxygens (including phenoxy) is 3. The Morgan fingerprint density at radius 3 is 2.26 bits per heavy atom. The number of aryl methyl sites for hydroxylation is 1. The molecule has 3 heterocycles. The lowest BCUT2D eigenvalue weighted by Gasteiger charge is -2.36. The summed E-state index contributed by atoms with van der Waals surface area (Å²) in [5.41, 5.74) is 0.856. The number of esters is 1. The van der Waals surface area contributed by atoms with E-state index in [9.17, 15) is 19.5 Å². The summed E-state index contributed by atoms with van der Waals surface area (Å²) < 4.78 is 23.0. The summed E-state index contributed by atoms with van der Waals surface area (Å²) in [4.78, 5) is 43.5. The van der Waals surface area contributed by atoms with E-state index in [1.165, 1.54) is 17.7 Å². The molecule has 0 spiro atoms. The number of hydrogen-bond donors (Lipinski definition) is 1. The van der Waals surface area contributed by atoms with Gasteiger partial charge in [-0.1, -0.05) is 0 Å². The van der Waals surface area contributed by atoms with Gasteiger partial charge in [0, 0.05) is 56.6 Å². The maximum Gasteiger partial charge on any atom is 0.306 e. The average Bonchev–Trinajstić information content (AvgIpc) is 3.03. The van der Waals surface area contributed by atoms with Crippen LogP contribution in [0.1, 0.15) is 29.4 Å². The number of anilines is 1. The molecule has 2 aromatic heterocycles. The van der Waals surface area contributed by atoms with Gasteiger partial charge in [-0.3, -0.25) is 19.3 Å². The Morgan fingerprint density at radius 2 is 1.60 bits per heavy atom. The monoisotopic (exact) mass is 589 g/mol. The van der Waals surface area contributed by atoms with Crippen molar-refractivity contribution in [1.29, 1.82) is 0 Å². The third-order valence-electron chi connectivity index (χ3n) is 7.94. The third kappa shape index (κ3) is 6.21. The van der Waals surface area contributed by atoms with Gasteiger partial charge in [0.1, 0.15) is 17.3 Å². The minimum Gasteiger partial charge on any atom is -0.502 e. The molecule has 4 aromatic rings. The molecule has 1 aliphatic rings. The molecule has 0 saturated carbocycles. The molecule has 226 valence electrons. The zero-order valence-corrected chi connectivity index (χ0v) is 24.7. The van der Waals surface area contributed by atoms with Gasteiger partial charge in [0.15, 0.2) is 5.76 Å². The number of hydrogen-bond acceptors (Lipinski definition) is 10. The number of nitrogens with zero attached hydrogens (tertiary/aromatic N) is 3. The van der Waals surface area contributed by atoms with Crippen molar-refractivity contribution in [3.05, 3.63) is 92.3 Å². The Hall–Kier alpha value is -4.77. The number of carbonyl (C=O) groups is 1. The van der Waals surface area contributed by atoms with Crippen LogP contribution in [0.4, 0.5) is 5.69 Å². The fourth-order valence-electron chi connectivity index (χ4n) is 5.49. The van der Waals surface area contributed by atoms with Crippen LogP contribution in [-0.4, -0.2) is 68.1 Å². The molecule has 1 N–H and O–H groups in total. The van der Waals surface area contributed by atoms with Gasteiger partial charge in [0.05, 0.1) is 45.7 Å². The van der Waals surface area contributed by atoms with Gasteiger partial charge in [0.25, 0.3) is 5.56 Å².